The van der Waals surface area contributed by atoms with Crippen LogP contribution in [0, 0.1) is 0 Å². The summed E-state index contributed by atoms with van der Waals surface area (Å²) >= 11 is 0. The lowest BCUT2D eigenvalue weighted by Gasteiger charge is -2.39. The average molecular weight is 485 g/mol. The van der Waals surface area contributed by atoms with Gasteiger partial charge in [-0.25, -0.2) is 0 Å². The SMILES string of the molecule is CCCCCCCCC=CCCCCCCCCCCCCC(CCC)([P+](=O)[O-])[N+](C)(C)C. The molecule has 2 atom stereocenters. The first kappa shape index (κ1) is 32.8. The maximum Gasteiger partial charge on any atom is 0.376 e. The molecule has 0 aromatic carbocycles. The molecule has 33 heavy (non-hydrogen) atoms. The molecule has 0 aliphatic carbocycles. The van der Waals surface area contributed by atoms with Crippen molar-refractivity contribution < 1.29 is 13.9 Å². The maximum atomic E-state index is 12.1. The summed E-state index contributed by atoms with van der Waals surface area (Å²) in [6.07, 6.45) is 31.1. The molecular formula is C29H59NO2P+. The zero-order chi connectivity index (χ0) is 24.8. The molecule has 0 bridgehead atoms. The van der Waals surface area contributed by atoms with E-state index in [1.54, 1.807) is 0 Å². The van der Waals surface area contributed by atoms with Crippen LogP contribution < -0.4 is 4.89 Å². The maximum absolute atomic E-state index is 12.1. The second-order valence-corrected chi connectivity index (χ2v) is 12.5. The lowest BCUT2D eigenvalue weighted by Crippen LogP contribution is -2.55. The molecule has 2 unspecified atom stereocenters. The average Bonchev–Trinajstić information content (AvgIpc) is 2.76. The second-order valence-electron chi connectivity index (χ2n) is 11.1. The van der Waals surface area contributed by atoms with E-state index in [2.05, 4.69) is 26.0 Å². The fourth-order valence-corrected chi connectivity index (χ4v) is 6.22. The summed E-state index contributed by atoms with van der Waals surface area (Å²) in [6.45, 7) is 4.37. The first-order chi connectivity index (χ1) is 15.8. The van der Waals surface area contributed by atoms with Crippen LogP contribution in [0.15, 0.2) is 12.2 Å². The monoisotopic (exact) mass is 484 g/mol. The molecular weight excluding hydrogens is 425 g/mol. The van der Waals surface area contributed by atoms with Gasteiger partial charge < -0.3 is 4.89 Å². The van der Waals surface area contributed by atoms with Gasteiger partial charge in [0.15, 0.2) is 0 Å². The van der Waals surface area contributed by atoms with E-state index in [1.165, 1.54) is 109 Å². The van der Waals surface area contributed by atoms with Gasteiger partial charge in [-0.15, -0.1) is 0 Å². The highest BCUT2D eigenvalue weighted by Crippen LogP contribution is 2.45. The van der Waals surface area contributed by atoms with Crippen LogP contribution >= 0.6 is 8.03 Å². The highest BCUT2D eigenvalue weighted by atomic mass is 31.1. The van der Waals surface area contributed by atoms with E-state index in [1.807, 2.05) is 21.1 Å². The van der Waals surface area contributed by atoms with Gasteiger partial charge in [-0.3, -0.25) is 4.48 Å². The number of quaternary nitrogens is 1. The molecule has 0 aliphatic heterocycles. The Morgan fingerprint density at radius 1 is 0.606 bits per heavy atom. The fraction of sp³-hybridized carbons (Fsp3) is 0.931. The van der Waals surface area contributed by atoms with Gasteiger partial charge in [-0.05, 0) is 38.5 Å². The number of rotatable bonds is 24. The van der Waals surface area contributed by atoms with Gasteiger partial charge in [-0.2, -0.15) is 0 Å². The molecule has 0 N–H and O–H groups in total. The van der Waals surface area contributed by atoms with Crippen LogP contribution in [0.2, 0.25) is 0 Å². The topological polar surface area (TPSA) is 40.1 Å². The van der Waals surface area contributed by atoms with E-state index in [0.29, 0.717) is 4.48 Å². The van der Waals surface area contributed by atoms with E-state index in [0.717, 1.165) is 25.7 Å². The van der Waals surface area contributed by atoms with Crippen LogP contribution in [-0.2, 0) is 4.57 Å². The first-order valence-corrected chi connectivity index (χ1v) is 15.6. The third-order valence-corrected chi connectivity index (χ3v) is 9.05. The Balaban J connectivity index is 3.59. The van der Waals surface area contributed by atoms with Crippen molar-refractivity contribution >= 4 is 8.03 Å². The van der Waals surface area contributed by atoms with Crippen LogP contribution in [0.5, 0.6) is 0 Å². The van der Waals surface area contributed by atoms with Gasteiger partial charge in [0.2, 0.25) is 0 Å². The molecule has 4 heteroatoms. The standard InChI is InChI=1S/C29H59NO2P/c1-6-8-9-10-11-12-13-14-15-16-17-18-19-20-21-22-23-24-25-26-28-29(27-7-2,33(31)32)30(3,4)5/h14-15H,6-13,16-28H2,1-5H3/q+1. The zero-order valence-electron chi connectivity index (χ0n) is 23.2. The first-order valence-electron chi connectivity index (χ1n) is 14.4. The molecule has 196 valence electrons. The molecule has 0 spiro atoms. The van der Waals surface area contributed by atoms with Gasteiger partial charge in [-0.1, -0.05) is 114 Å². The third-order valence-electron chi connectivity index (χ3n) is 7.33. The van der Waals surface area contributed by atoms with Gasteiger partial charge in [0.05, 0.1) is 21.1 Å². The number of nitrogens with zero attached hydrogens (tertiary/aromatic N) is 1. The Kier molecular flexibility index (Phi) is 20.9. The predicted molar refractivity (Wildman–Crippen MR) is 146 cm³/mol. The van der Waals surface area contributed by atoms with Crippen molar-refractivity contribution in [1.82, 2.24) is 0 Å². The molecule has 3 nitrogen and oxygen atoms in total. The molecule has 0 radical (unpaired) electrons. The highest BCUT2D eigenvalue weighted by molar-refractivity contribution is 7.38. The van der Waals surface area contributed by atoms with Crippen molar-refractivity contribution in [3.8, 4) is 0 Å². The fourth-order valence-electron chi connectivity index (χ4n) is 4.99. The number of hydrogen-bond acceptors (Lipinski definition) is 2. The Labute approximate surface area is 209 Å². The lowest BCUT2D eigenvalue weighted by atomic mass is 9.99. The van der Waals surface area contributed by atoms with E-state index in [-0.39, 0.29) is 0 Å². The Bertz CT molecular complexity index is 487. The van der Waals surface area contributed by atoms with Crippen molar-refractivity contribution in [3.05, 3.63) is 12.2 Å². The van der Waals surface area contributed by atoms with Crippen LogP contribution in [0.25, 0.3) is 0 Å². The Hall–Kier alpha value is -0.240. The summed E-state index contributed by atoms with van der Waals surface area (Å²) in [7, 11) is 3.69. The molecule has 0 amide bonds. The smallest absolute Gasteiger partial charge is 0.376 e. The highest BCUT2D eigenvalue weighted by Gasteiger charge is 2.53. The Morgan fingerprint density at radius 2 is 1.00 bits per heavy atom. The van der Waals surface area contributed by atoms with E-state index >= 15 is 0 Å². The van der Waals surface area contributed by atoms with Gasteiger partial charge in [0.1, 0.15) is 0 Å². The number of allylic oxidation sites excluding steroid dienone is 2. The lowest BCUT2D eigenvalue weighted by molar-refractivity contribution is -0.910. The predicted octanol–water partition coefficient (Wildman–Crippen LogP) is 9.28. The van der Waals surface area contributed by atoms with Gasteiger partial charge >= 0.3 is 8.03 Å². The minimum atomic E-state index is -2.42. The summed E-state index contributed by atoms with van der Waals surface area (Å²) in [4.78, 5) is 12.1. The Morgan fingerprint density at radius 3 is 1.36 bits per heavy atom. The van der Waals surface area contributed by atoms with Crippen LogP contribution in [0.1, 0.15) is 149 Å². The molecule has 0 heterocycles. The van der Waals surface area contributed by atoms with Gasteiger partial charge in [0.25, 0.3) is 5.28 Å². The zero-order valence-corrected chi connectivity index (χ0v) is 24.1. The van der Waals surface area contributed by atoms with Crippen molar-refractivity contribution in [2.24, 2.45) is 0 Å². The van der Waals surface area contributed by atoms with Crippen LogP contribution in [0.3, 0.4) is 0 Å². The molecule has 0 aliphatic rings. The molecule has 0 saturated carbocycles. The summed E-state index contributed by atoms with van der Waals surface area (Å²) in [5.74, 6) is 0. The largest absolute Gasteiger partial charge is 0.590 e. The quantitative estimate of drug-likeness (QED) is 0.0592. The summed E-state index contributed by atoms with van der Waals surface area (Å²) in [5.41, 5.74) is 0. The van der Waals surface area contributed by atoms with Crippen molar-refractivity contribution in [1.29, 1.82) is 0 Å². The molecule has 0 rings (SSSR count). The summed E-state index contributed by atoms with van der Waals surface area (Å²) < 4.78 is 12.6. The molecule has 0 fully saturated rings. The van der Waals surface area contributed by atoms with Crippen molar-refractivity contribution in [2.45, 2.75) is 154 Å². The van der Waals surface area contributed by atoms with Gasteiger partial charge in [0, 0.05) is 12.8 Å². The second kappa shape index (κ2) is 21.1. The van der Waals surface area contributed by atoms with Crippen molar-refractivity contribution in [3.63, 3.8) is 0 Å². The van der Waals surface area contributed by atoms with E-state index in [4.69, 9.17) is 0 Å². The van der Waals surface area contributed by atoms with Crippen LogP contribution in [0.4, 0.5) is 0 Å². The van der Waals surface area contributed by atoms with E-state index < -0.39 is 13.3 Å². The molecule has 0 aromatic rings. The minimum Gasteiger partial charge on any atom is -0.590 e. The number of unbranched alkanes of at least 4 members (excludes halogenated alkanes) is 16. The van der Waals surface area contributed by atoms with E-state index in [9.17, 15) is 9.46 Å². The summed E-state index contributed by atoms with van der Waals surface area (Å²) in [5, 5.41) is -0.590. The minimum absolute atomic E-state index is 0.522. The molecule has 0 saturated heterocycles. The number of hydrogen-bond donors (Lipinski definition) is 0. The summed E-state index contributed by atoms with van der Waals surface area (Å²) in [6, 6.07) is 0. The third kappa shape index (κ3) is 16.1. The van der Waals surface area contributed by atoms with Crippen LogP contribution in [-0.4, -0.2) is 30.9 Å². The van der Waals surface area contributed by atoms with Crippen molar-refractivity contribution in [2.75, 3.05) is 21.1 Å². The molecule has 0 aromatic heterocycles. The normalized spacial score (nSPS) is 14.7.